The highest BCUT2D eigenvalue weighted by Gasteiger charge is 2.07. The fourth-order valence-corrected chi connectivity index (χ4v) is 1.49. The van der Waals surface area contributed by atoms with Gasteiger partial charge >= 0.3 is 0 Å². The SMILES string of the molecule is C=CCOc1ccc(CN(C)C(=O)CNC)cc1. The van der Waals surface area contributed by atoms with Crippen molar-refractivity contribution in [1.29, 1.82) is 0 Å². The predicted octanol–water partition coefficient (Wildman–Crippen LogP) is 1.43. The number of likely N-dealkylation sites (N-methyl/N-ethyl adjacent to an activating group) is 2. The molecular formula is C14H20N2O2. The first-order valence-corrected chi connectivity index (χ1v) is 5.88. The van der Waals surface area contributed by atoms with Gasteiger partial charge in [-0.15, -0.1) is 0 Å². The van der Waals surface area contributed by atoms with Crippen molar-refractivity contribution in [1.82, 2.24) is 10.2 Å². The van der Waals surface area contributed by atoms with E-state index >= 15 is 0 Å². The van der Waals surface area contributed by atoms with E-state index in [-0.39, 0.29) is 5.91 Å². The molecule has 0 heterocycles. The van der Waals surface area contributed by atoms with Crippen LogP contribution in [0, 0.1) is 0 Å². The number of nitrogens with one attached hydrogen (secondary N) is 1. The van der Waals surface area contributed by atoms with Crippen molar-refractivity contribution >= 4 is 5.91 Å². The topological polar surface area (TPSA) is 41.6 Å². The first-order valence-electron chi connectivity index (χ1n) is 5.88. The van der Waals surface area contributed by atoms with E-state index < -0.39 is 0 Å². The monoisotopic (exact) mass is 248 g/mol. The number of rotatable bonds is 7. The van der Waals surface area contributed by atoms with Gasteiger partial charge in [-0.3, -0.25) is 4.79 Å². The lowest BCUT2D eigenvalue weighted by Crippen LogP contribution is -2.33. The zero-order valence-corrected chi connectivity index (χ0v) is 11.0. The highest BCUT2D eigenvalue weighted by Crippen LogP contribution is 2.13. The van der Waals surface area contributed by atoms with Gasteiger partial charge in [-0.05, 0) is 24.7 Å². The van der Waals surface area contributed by atoms with Crippen molar-refractivity contribution in [3.05, 3.63) is 42.5 Å². The number of benzene rings is 1. The van der Waals surface area contributed by atoms with E-state index in [0.29, 0.717) is 19.7 Å². The molecule has 0 bridgehead atoms. The van der Waals surface area contributed by atoms with Gasteiger partial charge in [-0.1, -0.05) is 24.8 Å². The summed E-state index contributed by atoms with van der Waals surface area (Å²) >= 11 is 0. The zero-order chi connectivity index (χ0) is 13.4. The van der Waals surface area contributed by atoms with Crippen LogP contribution in [0.2, 0.25) is 0 Å². The second kappa shape index (κ2) is 7.50. The molecule has 0 aliphatic heterocycles. The molecule has 18 heavy (non-hydrogen) atoms. The van der Waals surface area contributed by atoms with E-state index in [2.05, 4.69) is 11.9 Å². The first kappa shape index (κ1) is 14.3. The largest absolute Gasteiger partial charge is 0.490 e. The summed E-state index contributed by atoms with van der Waals surface area (Å²) in [5, 5.41) is 2.85. The zero-order valence-electron chi connectivity index (χ0n) is 11.0. The van der Waals surface area contributed by atoms with Crippen LogP contribution < -0.4 is 10.1 Å². The molecule has 0 fully saturated rings. The summed E-state index contributed by atoms with van der Waals surface area (Å²) in [5.41, 5.74) is 1.08. The van der Waals surface area contributed by atoms with E-state index in [9.17, 15) is 4.79 Å². The Morgan fingerprint density at radius 3 is 2.67 bits per heavy atom. The molecule has 1 N–H and O–H groups in total. The molecule has 0 radical (unpaired) electrons. The van der Waals surface area contributed by atoms with Gasteiger partial charge < -0.3 is 15.0 Å². The molecule has 4 nitrogen and oxygen atoms in total. The fourth-order valence-electron chi connectivity index (χ4n) is 1.49. The van der Waals surface area contributed by atoms with E-state index in [1.165, 1.54) is 0 Å². The number of carbonyl (C=O) groups excluding carboxylic acids is 1. The molecule has 0 aliphatic rings. The highest BCUT2D eigenvalue weighted by atomic mass is 16.5. The second-order valence-corrected chi connectivity index (χ2v) is 4.02. The lowest BCUT2D eigenvalue weighted by atomic mass is 10.2. The van der Waals surface area contributed by atoms with Gasteiger partial charge in [-0.25, -0.2) is 0 Å². The van der Waals surface area contributed by atoms with Crippen LogP contribution in [-0.2, 0) is 11.3 Å². The Hall–Kier alpha value is -1.81. The van der Waals surface area contributed by atoms with E-state index in [1.807, 2.05) is 24.3 Å². The summed E-state index contributed by atoms with van der Waals surface area (Å²) < 4.78 is 5.39. The van der Waals surface area contributed by atoms with Crippen molar-refractivity contribution in [2.24, 2.45) is 0 Å². The number of nitrogens with zero attached hydrogens (tertiary/aromatic N) is 1. The van der Waals surface area contributed by atoms with Gasteiger partial charge in [0.05, 0.1) is 6.54 Å². The summed E-state index contributed by atoms with van der Waals surface area (Å²) in [6.45, 7) is 5.05. The Kier molecular flexibility index (Phi) is 5.94. The summed E-state index contributed by atoms with van der Waals surface area (Å²) in [6.07, 6.45) is 1.71. The molecule has 0 aromatic heterocycles. The molecule has 0 aliphatic carbocycles. The maximum Gasteiger partial charge on any atom is 0.236 e. The van der Waals surface area contributed by atoms with Crippen molar-refractivity contribution in [3.8, 4) is 5.75 Å². The predicted molar refractivity (Wildman–Crippen MR) is 72.5 cm³/mol. The van der Waals surface area contributed by atoms with Crippen LogP contribution in [-0.4, -0.2) is 38.1 Å². The maximum absolute atomic E-state index is 11.6. The minimum absolute atomic E-state index is 0.0736. The third kappa shape index (κ3) is 4.59. The van der Waals surface area contributed by atoms with Crippen LogP contribution in [0.4, 0.5) is 0 Å². The standard InChI is InChI=1S/C14H20N2O2/c1-4-9-18-13-7-5-12(6-8-13)11-16(3)14(17)10-15-2/h4-8,15H,1,9-11H2,2-3H3. The molecule has 0 spiro atoms. The third-order valence-corrected chi connectivity index (χ3v) is 2.46. The molecule has 0 unspecified atom stereocenters. The van der Waals surface area contributed by atoms with Gasteiger partial charge in [0.15, 0.2) is 0 Å². The molecular weight excluding hydrogens is 228 g/mol. The highest BCUT2D eigenvalue weighted by molar-refractivity contribution is 5.77. The van der Waals surface area contributed by atoms with Crippen LogP contribution in [0.3, 0.4) is 0 Å². The number of amides is 1. The van der Waals surface area contributed by atoms with Gasteiger partial charge in [-0.2, -0.15) is 0 Å². The Balaban J connectivity index is 2.52. The van der Waals surface area contributed by atoms with Crippen molar-refractivity contribution in [2.45, 2.75) is 6.54 Å². The molecule has 1 amide bonds. The van der Waals surface area contributed by atoms with Gasteiger partial charge in [0.25, 0.3) is 0 Å². The lowest BCUT2D eigenvalue weighted by molar-refractivity contribution is -0.129. The average Bonchev–Trinajstić information content (AvgIpc) is 2.38. The Morgan fingerprint density at radius 2 is 2.11 bits per heavy atom. The molecule has 1 aromatic rings. The Labute approximate surface area is 108 Å². The van der Waals surface area contributed by atoms with E-state index in [0.717, 1.165) is 11.3 Å². The Bertz CT molecular complexity index is 387. The molecule has 1 rings (SSSR count). The second-order valence-electron chi connectivity index (χ2n) is 4.02. The maximum atomic E-state index is 11.6. The van der Waals surface area contributed by atoms with Gasteiger partial charge in [0, 0.05) is 13.6 Å². The van der Waals surface area contributed by atoms with Crippen LogP contribution >= 0.6 is 0 Å². The summed E-state index contributed by atoms with van der Waals surface area (Å²) in [4.78, 5) is 13.3. The molecule has 98 valence electrons. The van der Waals surface area contributed by atoms with E-state index in [1.54, 1.807) is 25.1 Å². The first-order chi connectivity index (χ1) is 8.67. The lowest BCUT2D eigenvalue weighted by Gasteiger charge is -2.17. The van der Waals surface area contributed by atoms with Gasteiger partial charge in [0.2, 0.25) is 5.91 Å². The van der Waals surface area contributed by atoms with Crippen LogP contribution in [0.15, 0.2) is 36.9 Å². The molecule has 1 aromatic carbocycles. The number of ether oxygens (including phenoxy) is 1. The van der Waals surface area contributed by atoms with Crippen molar-refractivity contribution < 1.29 is 9.53 Å². The van der Waals surface area contributed by atoms with E-state index in [4.69, 9.17) is 4.74 Å². The molecule has 4 heteroatoms. The van der Waals surface area contributed by atoms with Crippen molar-refractivity contribution in [3.63, 3.8) is 0 Å². The quantitative estimate of drug-likeness (QED) is 0.742. The number of carbonyl (C=O) groups is 1. The van der Waals surface area contributed by atoms with Crippen LogP contribution in [0.1, 0.15) is 5.56 Å². The average molecular weight is 248 g/mol. The molecule has 0 saturated carbocycles. The number of hydrogen-bond acceptors (Lipinski definition) is 3. The minimum Gasteiger partial charge on any atom is -0.490 e. The minimum atomic E-state index is 0.0736. The van der Waals surface area contributed by atoms with Crippen LogP contribution in [0.5, 0.6) is 5.75 Å². The fraction of sp³-hybridized carbons (Fsp3) is 0.357. The Morgan fingerprint density at radius 1 is 1.44 bits per heavy atom. The summed E-state index contributed by atoms with van der Waals surface area (Å²) in [7, 11) is 3.55. The smallest absolute Gasteiger partial charge is 0.236 e. The number of hydrogen-bond donors (Lipinski definition) is 1. The summed E-state index contributed by atoms with van der Waals surface area (Å²) in [6, 6.07) is 7.72. The molecule has 0 saturated heterocycles. The third-order valence-electron chi connectivity index (χ3n) is 2.46. The van der Waals surface area contributed by atoms with Crippen LogP contribution in [0.25, 0.3) is 0 Å². The van der Waals surface area contributed by atoms with Crippen molar-refractivity contribution in [2.75, 3.05) is 27.2 Å². The normalized spacial score (nSPS) is 9.89. The molecule has 0 atom stereocenters. The summed E-state index contributed by atoms with van der Waals surface area (Å²) in [5.74, 6) is 0.882. The van der Waals surface area contributed by atoms with Gasteiger partial charge in [0.1, 0.15) is 12.4 Å².